The fourth-order valence-corrected chi connectivity index (χ4v) is 8.61. The van der Waals surface area contributed by atoms with Crippen molar-refractivity contribution in [1.82, 2.24) is 4.72 Å². The molecule has 11 heteroatoms. The highest BCUT2D eigenvalue weighted by molar-refractivity contribution is 7.90. The number of aliphatic hydroxyl groups excluding tert-OH is 2. The van der Waals surface area contributed by atoms with Crippen molar-refractivity contribution >= 4 is 33.2 Å². The van der Waals surface area contributed by atoms with Crippen LogP contribution in [0.5, 0.6) is 5.75 Å². The number of sulfonamides is 1. The summed E-state index contributed by atoms with van der Waals surface area (Å²) in [5.74, 6) is 0.457. The van der Waals surface area contributed by atoms with Gasteiger partial charge in [0.05, 0.1) is 36.9 Å². The van der Waals surface area contributed by atoms with Crippen molar-refractivity contribution in [1.29, 1.82) is 0 Å². The summed E-state index contributed by atoms with van der Waals surface area (Å²) in [6.07, 6.45) is 8.33. The predicted molar refractivity (Wildman–Crippen MR) is 173 cm³/mol. The maximum Gasteiger partial charge on any atom is 0.264 e. The molecule has 2 aromatic carbocycles. The fourth-order valence-electron chi connectivity index (χ4n) is 7.39. The first-order valence-electron chi connectivity index (χ1n) is 16.0. The molecular weight excluding hydrogens is 616 g/mol. The molecule has 0 radical (unpaired) electrons. The maximum atomic E-state index is 13.3. The van der Waals surface area contributed by atoms with Crippen molar-refractivity contribution in [2.24, 2.45) is 11.8 Å². The molecule has 9 nitrogen and oxygen atoms in total. The van der Waals surface area contributed by atoms with Gasteiger partial charge in [-0.25, -0.2) is 13.1 Å². The van der Waals surface area contributed by atoms with E-state index in [-0.39, 0.29) is 42.1 Å². The molecule has 6 atom stereocenters. The number of allylic oxidation sites excluding steroid dienone is 1. The lowest BCUT2D eigenvalue weighted by Crippen LogP contribution is -2.50. The predicted octanol–water partition coefficient (Wildman–Crippen LogP) is 4.38. The van der Waals surface area contributed by atoms with E-state index in [1.54, 1.807) is 25.1 Å². The number of fused-ring (bicyclic) bond motifs is 4. The highest BCUT2D eigenvalue weighted by Crippen LogP contribution is 2.47. The number of benzene rings is 2. The number of nitrogens with one attached hydrogen (secondary N) is 1. The number of rotatable bonds is 4. The zero-order valence-electron chi connectivity index (χ0n) is 25.7. The third-order valence-electron chi connectivity index (χ3n) is 10.2. The van der Waals surface area contributed by atoms with Crippen LogP contribution < -0.4 is 14.4 Å². The lowest BCUT2D eigenvalue weighted by molar-refractivity contribution is -0.0584. The Morgan fingerprint density at radius 3 is 2.82 bits per heavy atom. The first kappa shape index (κ1) is 32.3. The van der Waals surface area contributed by atoms with E-state index in [1.807, 2.05) is 18.2 Å². The molecule has 0 saturated heterocycles. The minimum Gasteiger partial charge on any atom is -0.490 e. The molecule has 45 heavy (non-hydrogen) atoms. The molecule has 3 N–H and O–H groups in total. The fraction of sp³-hybridized carbons (Fsp3) is 0.559. The number of hydrogen-bond acceptors (Lipinski definition) is 8. The highest BCUT2D eigenvalue weighted by atomic mass is 35.5. The van der Waals surface area contributed by atoms with Gasteiger partial charge in [-0.1, -0.05) is 29.8 Å². The van der Waals surface area contributed by atoms with Crippen molar-refractivity contribution in [3.8, 4) is 5.75 Å². The van der Waals surface area contributed by atoms with Crippen LogP contribution in [0, 0.1) is 11.8 Å². The number of anilines is 1. The number of carbonyl (C=O) groups excluding carboxylic acids is 1. The zero-order chi connectivity index (χ0) is 31.8. The number of aryl methyl sites for hydroxylation is 1. The van der Waals surface area contributed by atoms with Gasteiger partial charge in [-0.3, -0.25) is 4.79 Å². The average Bonchev–Trinajstić information content (AvgIpc) is 3.15. The Morgan fingerprint density at radius 2 is 2.04 bits per heavy atom. The minimum atomic E-state index is -3.92. The van der Waals surface area contributed by atoms with Crippen LogP contribution in [0.1, 0.15) is 66.9 Å². The molecule has 244 valence electrons. The van der Waals surface area contributed by atoms with Crippen molar-refractivity contribution < 1.29 is 32.9 Å². The first-order valence-corrected chi connectivity index (χ1v) is 17.9. The number of carbonyl (C=O) groups is 1. The van der Waals surface area contributed by atoms with Gasteiger partial charge in [0.1, 0.15) is 11.9 Å². The monoisotopic (exact) mass is 658 g/mol. The van der Waals surface area contributed by atoms with E-state index >= 15 is 0 Å². The van der Waals surface area contributed by atoms with Crippen LogP contribution >= 0.6 is 11.6 Å². The number of nitrogens with zero attached hydrogens (tertiary/aromatic N) is 1. The van der Waals surface area contributed by atoms with E-state index in [0.717, 1.165) is 42.8 Å². The molecule has 1 spiro atoms. The Kier molecular flexibility index (Phi) is 9.51. The lowest BCUT2D eigenvalue weighted by Gasteiger charge is -2.46. The summed E-state index contributed by atoms with van der Waals surface area (Å²) in [5.41, 5.74) is 3.22. The summed E-state index contributed by atoms with van der Waals surface area (Å²) in [4.78, 5) is 15.6. The van der Waals surface area contributed by atoms with Crippen molar-refractivity contribution in [2.75, 3.05) is 37.8 Å². The second kappa shape index (κ2) is 13.2. The standard InChI is InChI=1S/C34H43ClN2O7S/c1-22-5-2-3-7-31(43-19-27(39)18-38)28-11-8-25(28)17-37-20-34(14-4-6-23-15-26(35)10-12-29(23)34)21-44-32-13-9-24(16-30(32)37)33(40)36-45(22,41)42/h3,7,9-10,12-13,15-16,22,25,27-28,31,38-39H,2,4-6,8,11,14,17-21H2,1H3,(H,36,40)/b7-3+/t22-,25+,27-,28-,31+,34+/m1/s1. The Hall–Kier alpha value is -2.63. The molecule has 0 unspecified atom stereocenters. The smallest absolute Gasteiger partial charge is 0.264 e. The van der Waals surface area contributed by atoms with Crippen LogP contribution in [-0.2, 0) is 26.6 Å². The largest absolute Gasteiger partial charge is 0.490 e. The third kappa shape index (κ3) is 6.76. The first-order chi connectivity index (χ1) is 21.6. The number of aliphatic hydroxyl groups is 2. The summed E-state index contributed by atoms with van der Waals surface area (Å²) in [5, 5.41) is 19.4. The van der Waals surface area contributed by atoms with E-state index in [4.69, 9.17) is 21.1 Å². The number of hydrogen-bond donors (Lipinski definition) is 3. The van der Waals surface area contributed by atoms with Gasteiger partial charge in [-0.15, -0.1) is 0 Å². The van der Waals surface area contributed by atoms with Crippen molar-refractivity contribution in [3.63, 3.8) is 0 Å². The Labute approximate surface area is 270 Å². The van der Waals surface area contributed by atoms with E-state index in [1.165, 1.54) is 11.1 Å². The van der Waals surface area contributed by atoms with Gasteiger partial charge in [-0.05, 0) is 105 Å². The molecule has 6 rings (SSSR count). The third-order valence-corrected chi connectivity index (χ3v) is 12.2. The van der Waals surface area contributed by atoms with E-state index in [9.17, 15) is 23.4 Å². The summed E-state index contributed by atoms with van der Waals surface area (Å²) in [6.45, 7) is 3.07. The van der Waals surface area contributed by atoms with Crippen LogP contribution in [0.2, 0.25) is 5.02 Å². The molecular formula is C34H43ClN2O7S. The quantitative estimate of drug-likeness (QED) is 0.414. The van der Waals surface area contributed by atoms with E-state index in [0.29, 0.717) is 38.3 Å². The maximum absolute atomic E-state index is 13.3. The Morgan fingerprint density at radius 1 is 1.20 bits per heavy atom. The molecule has 2 bridgehead atoms. The topological polar surface area (TPSA) is 125 Å². The summed E-state index contributed by atoms with van der Waals surface area (Å²) >= 11 is 6.41. The molecule has 2 aliphatic heterocycles. The molecule has 2 aromatic rings. The Balaban J connectivity index is 1.40. The number of ether oxygens (including phenoxy) is 2. The molecule has 1 fully saturated rings. The number of amides is 1. The molecule has 1 amide bonds. The van der Waals surface area contributed by atoms with E-state index < -0.39 is 27.3 Å². The van der Waals surface area contributed by atoms with Gasteiger partial charge in [0.2, 0.25) is 10.0 Å². The van der Waals surface area contributed by atoms with Gasteiger partial charge in [0, 0.05) is 29.1 Å². The van der Waals surface area contributed by atoms with Crippen LogP contribution in [0.3, 0.4) is 0 Å². The molecule has 2 aliphatic carbocycles. The molecule has 2 heterocycles. The summed E-state index contributed by atoms with van der Waals surface area (Å²) in [7, 11) is -3.92. The molecule has 1 saturated carbocycles. The van der Waals surface area contributed by atoms with Gasteiger partial charge >= 0.3 is 0 Å². The van der Waals surface area contributed by atoms with Gasteiger partial charge in [0.25, 0.3) is 5.91 Å². The zero-order valence-corrected chi connectivity index (χ0v) is 27.2. The summed E-state index contributed by atoms with van der Waals surface area (Å²) < 4.78 is 41.2. The minimum absolute atomic E-state index is 0.0116. The normalized spacial score (nSPS) is 30.9. The van der Waals surface area contributed by atoms with Gasteiger partial charge < -0.3 is 24.6 Å². The van der Waals surface area contributed by atoms with Crippen molar-refractivity contribution in [3.05, 3.63) is 70.3 Å². The van der Waals surface area contributed by atoms with E-state index in [2.05, 4.69) is 21.8 Å². The lowest BCUT2D eigenvalue weighted by atomic mass is 9.68. The SMILES string of the molecule is C[C@@H]1CC/C=C/[C@H](OC[C@H](O)CO)[C@@H]2CC[C@H]2CN2C[C@@]3(CCCc4cc(Cl)ccc43)COc3ccc(cc32)C(=O)NS1(=O)=O. The second-order valence-electron chi connectivity index (χ2n) is 13.2. The van der Waals surface area contributed by atoms with Crippen LogP contribution in [0.4, 0.5) is 5.69 Å². The van der Waals surface area contributed by atoms with Crippen LogP contribution in [-0.4, -0.2) is 74.9 Å². The second-order valence-corrected chi connectivity index (χ2v) is 15.8. The van der Waals surface area contributed by atoms with Gasteiger partial charge in [0.15, 0.2) is 0 Å². The molecule has 0 aromatic heterocycles. The van der Waals surface area contributed by atoms with Crippen LogP contribution in [0.15, 0.2) is 48.6 Å². The van der Waals surface area contributed by atoms with Gasteiger partial charge in [-0.2, -0.15) is 0 Å². The Bertz CT molecular complexity index is 1550. The number of halogens is 1. The average molecular weight is 659 g/mol. The summed E-state index contributed by atoms with van der Waals surface area (Å²) in [6, 6.07) is 11.3. The molecule has 4 aliphatic rings. The highest BCUT2D eigenvalue weighted by Gasteiger charge is 2.44. The van der Waals surface area contributed by atoms with Crippen LogP contribution in [0.25, 0.3) is 0 Å². The van der Waals surface area contributed by atoms with Crippen molar-refractivity contribution in [2.45, 2.75) is 74.7 Å².